The summed E-state index contributed by atoms with van der Waals surface area (Å²) in [4.78, 5) is 262. The maximum atomic E-state index is 14.9. The molecule has 2 aliphatic heterocycles. The Morgan fingerprint density at radius 1 is 0.660 bits per heavy atom. The Morgan fingerprint density at radius 3 is 1.91 bits per heavy atom. The number of hydrogen-bond donors (Lipinski definition) is 13. The van der Waals surface area contributed by atoms with Crippen LogP contribution in [0, 0.1) is 41.4 Å². The number of nitrogens with two attached hydrogens (primary N) is 3. The van der Waals surface area contributed by atoms with Crippen molar-refractivity contribution in [1.29, 1.82) is 0 Å². The smallest absolute Gasteiger partial charge is 0.310 e. The van der Waals surface area contributed by atoms with E-state index in [1.807, 2.05) is 25.7 Å². The fraction of sp³-hybridized carbons (Fsp3) is 0.670. The first-order valence-corrected chi connectivity index (χ1v) is 52.1. The zero-order valence-electron chi connectivity index (χ0n) is 84.8. The van der Waals surface area contributed by atoms with Gasteiger partial charge < -0.3 is 93.8 Å². The number of esters is 2. The molecule has 2 heterocycles. The highest BCUT2D eigenvalue weighted by Gasteiger charge is 2.42. The Bertz CT molecular complexity index is 4510. The first-order chi connectivity index (χ1) is 66.3. The summed E-state index contributed by atoms with van der Waals surface area (Å²) in [5.41, 5.74) is 16.5. The minimum atomic E-state index is -1.77. The van der Waals surface area contributed by atoms with Gasteiger partial charge in [0.05, 0.1) is 85.4 Å². The number of allylic oxidation sites excluding steroid dienone is 1. The Morgan fingerprint density at radius 2 is 1.28 bits per heavy atom. The first-order valence-electron chi connectivity index (χ1n) is 48.7. The summed E-state index contributed by atoms with van der Waals surface area (Å²) >= 11 is 3.35. The molecule has 2 aromatic rings. The number of aromatic hydroxyl groups is 1. The van der Waals surface area contributed by atoms with Crippen molar-refractivity contribution in [2.75, 3.05) is 80.6 Å². The highest BCUT2D eigenvalue weighted by atomic mass is 32.2. The van der Waals surface area contributed by atoms with Crippen LogP contribution in [0.5, 0.6) is 11.5 Å². The van der Waals surface area contributed by atoms with Crippen molar-refractivity contribution < 1.29 is 120 Å². The van der Waals surface area contributed by atoms with Crippen molar-refractivity contribution in [3.63, 3.8) is 0 Å². The van der Waals surface area contributed by atoms with E-state index in [-0.39, 0.29) is 229 Å². The van der Waals surface area contributed by atoms with Gasteiger partial charge in [-0.1, -0.05) is 91.1 Å². The van der Waals surface area contributed by atoms with Crippen molar-refractivity contribution in [2.45, 2.75) is 304 Å². The average Bonchev–Trinajstić information content (AvgIpc) is 1.68. The summed E-state index contributed by atoms with van der Waals surface area (Å²) in [5, 5.41) is 35.3. The standard InChI is InChI=1S/C100H155N13O25S3/c1-17-63(9)89-97(132)106-76(34-36-84(101)120)93(128)109-79(48-86(103)122)94(129)110-80(65(11)113-39-21-25-81(113)96(131)107-77(43-60(4)5)82(118)35-37-85(102)121)58-141-56-72(115)23-19-18-22-68(46-74(117)57-139-53-69(42-59(2)3)92(127)108-78(95(130)111-89)45-66-26-30-71(114)31-27-66)91(126)104-38-20-24-73(116)55-140-54-70(47-88(124)138-99(12,13)14)98(133)137-51-67-28-32-75(33-29-67)136-52-87(123)105-64(10)50-135-41-40-134-49-62(8)44-83(119)100(15,16)112-90(125)61(6)7/h26-33,60-65,68-70,76-81,89,114H,2,17-25,34-58H2,1,3-16H3,(H2,101,120)(H2,102,121)(H2,103,122)(H,104,126)(H,105,123)(H,106,132)(H,107,131)(H,108,127)(H,109,128)(H,110,129)(H,111,130)(H,112,125)/t62?,63-,64?,65?,68-,69-,70-,76-,77-,78-,79-,80-,81-,89-/m0/s1. The average molecular weight is 2040 g/mol. The lowest BCUT2D eigenvalue weighted by Gasteiger charge is -2.37. The molecule has 38 nitrogen and oxygen atoms in total. The van der Waals surface area contributed by atoms with Gasteiger partial charge in [0.1, 0.15) is 65.2 Å². The van der Waals surface area contributed by atoms with Gasteiger partial charge in [-0.05, 0) is 166 Å². The van der Waals surface area contributed by atoms with Crippen LogP contribution in [0.3, 0.4) is 0 Å². The van der Waals surface area contributed by atoms with Crippen LogP contribution in [-0.4, -0.2) is 268 Å². The molecular formula is C100H155N13O25S3. The zero-order valence-corrected chi connectivity index (χ0v) is 87.2. The number of phenolic OH excluding ortho intramolecular Hbond substituents is 1. The molecule has 2 fully saturated rings. The summed E-state index contributed by atoms with van der Waals surface area (Å²) in [6, 6.07) is 2.03. The number of ether oxygens (including phenoxy) is 5. The van der Waals surface area contributed by atoms with Crippen LogP contribution in [0.1, 0.15) is 237 Å². The number of carbonyl (C=O) groups excluding carboxylic acids is 19. The molecule has 12 amide bonds. The fourth-order valence-electron chi connectivity index (χ4n) is 15.4. The number of hydrogen-bond acceptors (Lipinski definition) is 29. The molecule has 4 rings (SSSR count). The zero-order chi connectivity index (χ0) is 105. The third-order valence-corrected chi connectivity index (χ3v) is 27.0. The van der Waals surface area contributed by atoms with E-state index in [0.717, 1.165) is 35.3 Å². The molecule has 2 aromatic carbocycles. The van der Waals surface area contributed by atoms with E-state index in [1.165, 1.54) is 24.3 Å². The molecular weight excluding hydrogens is 1880 g/mol. The van der Waals surface area contributed by atoms with Crippen LogP contribution in [0.4, 0.5) is 0 Å². The predicted octanol–water partition coefficient (Wildman–Crippen LogP) is 5.88. The number of nitrogens with one attached hydrogen (secondary N) is 9. The molecule has 0 bridgehead atoms. The second-order valence-corrected chi connectivity index (χ2v) is 42.3. The van der Waals surface area contributed by atoms with E-state index >= 15 is 0 Å². The van der Waals surface area contributed by atoms with Gasteiger partial charge in [-0.3, -0.25) is 96.0 Å². The van der Waals surface area contributed by atoms with Crippen LogP contribution in [-0.2, 0) is 123 Å². The number of phenols is 1. The summed E-state index contributed by atoms with van der Waals surface area (Å²) in [6.45, 7) is 31.0. The van der Waals surface area contributed by atoms with Crippen molar-refractivity contribution in [2.24, 2.45) is 58.6 Å². The van der Waals surface area contributed by atoms with E-state index < -0.39 is 185 Å². The Labute approximate surface area is 841 Å². The molecule has 0 saturated carbocycles. The topological polar surface area (TPSA) is 580 Å². The summed E-state index contributed by atoms with van der Waals surface area (Å²) < 4.78 is 28.4. The summed E-state index contributed by atoms with van der Waals surface area (Å²) in [5.74, 6) is -15.6. The number of Topliss-reactive ketones (excluding diaryl/α,β-unsaturated/α-hetero) is 5. The number of thioether (sulfide) groups is 3. The molecule has 788 valence electrons. The lowest BCUT2D eigenvalue weighted by Crippen LogP contribution is -2.61. The van der Waals surface area contributed by atoms with Crippen molar-refractivity contribution in [3.05, 3.63) is 71.8 Å². The summed E-state index contributed by atoms with van der Waals surface area (Å²) in [7, 11) is 0. The third kappa shape index (κ3) is 49.5. The van der Waals surface area contributed by atoms with Gasteiger partial charge in [-0.25, -0.2) is 0 Å². The lowest BCUT2D eigenvalue weighted by atomic mass is 9.91. The third-order valence-electron chi connectivity index (χ3n) is 23.5. The number of amides is 12. The monoisotopic (exact) mass is 2030 g/mol. The van der Waals surface area contributed by atoms with E-state index in [9.17, 15) is 96.2 Å². The van der Waals surface area contributed by atoms with Crippen molar-refractivity contribution in [1.82, 2.24) is 52.8 Å². The predicted molar refractivity (Wildman–Crippen MR) is 537 cm³/mol. The van der Waals surface area contributed by atoms with Gasteiger partial charge in [-0.15, -0.1) is 6.58 Å². The summed E-state index contributed by atoms with van der Waals surface area (Å²) in [6.07, 6.45) is -0.573. The van der Waals surface area contributed by atoms with E-state index in [1.54, 1.807) is 107 Å². The fourth-order valence-corrected chi connectivity index (χ4v) is 18.6. The Kier molecular flexibility index (Phi) is 55.5. The van der Waals surface area contributed by atoms with Crippen LogP contribution < -0.4 is 69.8 Å². The minimum Gasteiger partial charge on any atom is -0.508 e. The first kappa shape index (κ1) is 123. The molecule has 41 heteroatoms. The Hall–Kier alpha value is -10.4. The molecule has 3 unspecified atom stereocenters. The molecule has 14 atom stereocenters. The molecule has 16 N–H and O–H groups in total. The molecule has 0 spiro atoms. The SMILES string of the molecule is C=C(C)C[C@H]1CSCC(=O)C[C@@H](C(=O)NCCCC(=O)CSC[C@H](CC(=O)OC(C)(C)C)C(=O)OCc2ccc(OCC(=O)NC(C)COCCOCC(C)CC(=O)C(C)(C)NC(=O)C(C)C)cc2)CCCCC(=O)CSC[C@@H](C(C)N2CCC[C@H]2C(=O)N[C@@H](CC(C)C)C(=O)CCC(N)=O)NC(=O)[C@H](CC(N)=O)NC(=O)[C@H](CCC(N)=O)NC(=O)[C@H]([C@@H](C)CC)NC(=O)[C@H](Cc2ccc(O)cc2)NC1=O. The van der Waals surface area contributed by atoms with E-state index in [4.69, 9.17) is 40.9 Å². The quantitative estimate of drug-likeness (QED) is 0.0209. The molecule has 2 saturated heterocycles. The normalized spacial score (nSPS) is 20.4. The highest BCUT2D eigenvalue weighted by Crippen LogP contribution is 2.29. The van der Waals surface area contributed by atoms with E-state index in [0.29, 0.717) is 48.4 Å². The van der Waals surface area contributed by atoms with Gasteiger partial charge in [0.15, 0.2) is 18.2 Å². The Balaban J connectivity index is 1.54. The number of likely N-dealkylation sites (tertiary alicyclic amines) is 1. The number of primary amides is 3. The van der Waals surface area contributed by atoms with Crippen molar-refractivity contribution in [3.8, 4) is 11.5 Å². The van der Waals surface area contributed by atoms with Gasteiger partial charge in [0, 0.05) is 106 Å². The number of nitrogens with zero attached hydrogens (tertiary/aromatic N) is 1. The molecule has 0 aromatic heterocycles. The number of benzene rings is 2. The number of carbonyl (C=O) groups is 19. The van der Waals surface area contributed by atoms with Gasteiger partial charge >= 0.3 is 11.9 Å². The largest absolute Gasteiger partial charge is 0.508 e. The second-order valence-electron chi connectivity index (χ2n) is 39.2. The maximum absolute atomic E-state index is 14.9. The molecule has 141 heavy (non-hydrogen) atoms. The van der Waals surface area contributed by atoms with Crippen LogP contribution in [0.15, 0.2) is 60.7 Å². The lowest BCUT2D eigenvalue weighted by molar-refractivity contribution is -0.161. The maximum Gasteiger partial charge on any atom is 0.310 e. The van der Waals surface area contributed by atoms with Crippen LogP contribution >= 0.6 is 35.3 Å². The van der Waals surface area contributed by atoms with Crippen LogP contribution in [0.2, 0.25) is 0 Å². The van der Waals surface area contributed by atoms with E-state index in [2.05, 4.69) is 54.4 Å². The number of ketones is 5. The van der Waals surface area contributed by atoms with Gasteiger partial charge in [0.25, 0.3) is 5.91 Å². The van der Waals surface area contributed by atoms with Crippen LogP contribution in [0.25, 0.3) is 0 Å². The molecule has 0 aliphatic carbocycles. The van der Waals surface area contributed by atoms with Gasteiger partial charge in [-0.2, -0.15) is 35.3 Å². The minimum absolute atomic E-state index is 0.000855. The highest BCUT2D eigenvalue weighted by molar-refractivity contribution is 8.00. The number of rotatable bonds is 51. The molecule has 0 radical (unpaired) electrons. The van der Waals surface area contributed by atoms with Crippen molar-refractivity contribution >= 4 is 147 Å². The second kappa shape index (κ2) is 63.6. The molecule has 2 aliphatic rings. The van der Waals surface area contributed by atoms with Gasteiger partial charge in [0.2, 0.25) is 65.0 Å².